The van der Waals surface area contributed by atoms with Gasteiger partial charge in [-0.2, -0.15) is 15.2 Å². The van der Waals surface area contributed by atoms with Crippen molar-refractivity contribution in [2.24, 2.45) is 0 Å². The molecule has 0 aliphatic heterocycles. The number of halogens is 1. The number of aromatic amines is 1. The number of H-pyrrole nitrogens is 1. The number of aromatic nitrogens is 6. The van der Waals surface area contributed by atoms with E-state index in [0.29, 0.717) is 16.7 Å². The van der Waals surface area contributed by atoms with Gasteiger partial charge < -0.3 is 5.32 Å². The summed E-state index contributed by atoms with van der Waals surface area (Å²) in [5.74, 6) is 0.527. The van der Waals surface area contributed by atoms with Crippen LogP contribution in [-0.4, -0.2) is 40.2 Å². The van der Waals surface area contributed by atoms with Crippen molar-refractivity contribution >= 4 is 49.8 Å². The van der Waals surface area contributed by atoms with E-state index < -0.39 is 0 Å². The summed E-state index contributed by atoms with van der Waals surface area (Å²) >= 11 is 5.99. The minimum atomic E-state index is 0.423. The summed E-state index contributed by atoms with van der Waals surface area (Å²) in [4.78, 5) is 8.81. The molecule has 0 saturated heterocycles. The molecule has 0 bridgehead atoms. The Balaban J connectivity index is 1.90. The first-order valence-corrected chi connectivity index (χ1v) is 7.73. The first-order valence-electron chi connectivity index (χ1n) is 6.35. The average molecular weight is 308 g/mol. The Hall–Kier alpha value is -1.93. The molecule has 0 saturated carbocycles. The first kappa shape index (κ1) is 13.1. The summed E-state index contributed by atoms with van der Waals surface area (Å²) in [5, 5.41) is 16.3. The van der Waals surface area contributed by atoms with Crippen LogP contribution in [0.3, 0.4) is 0 Å². The van der Waals surface area contributed by atoms with Gasteiger partial charge in [0.25, 0.3) is 0 Å². The Morgan fingerprint density at radius 1 is 1.45 bits per heavy atom. The van der Waals surface area contributed by atoms with Gasteiger partial charge in [-0.1, -0.05) is 18.5 Å². The SMILES string of the molecule is CCCn1cc(Nc2nc([SiH3])c3c(Cl)n[nH]c3n2)cn1. The van der Waals surface area contributed by atoms with Crippen LogP contribution in [0.25, 0.3) is 11.0 Å². The minimum absolute atomic E-state index is 0.423. The van der Waals surface area contributed by atoms with Crippen molar-refractivity contribution in [3.8, 4) is 0 Å². The second-order valence-corrected chi connectivity index (χ2v) is 5.79. The number of anilines is 2. The van der Waals surface area contributed by atoms with Crippen molar-refractivity contribution in [3.63, 3.8) is 0 Å². The number of aryl methyl sites for hydroxylation is 1. The van der Waals surface area contributed by atoms with Crippen LogP contribution in [0.2, 0.25) is 5.15 Å². The van der Waals surface area contributed by atoms with Gasteiger partial charge >= 0.3 is 0 Å². The van der Waals surface area contributed by atoms with Gasteiger partial charge in [-0.3, -0.25) is 9.78 Å². The number of nitrogens with one attached hydrogen (secondary N) is 2. The zero-order valence-electron chi connectivity index (χ0n) is 11.2. The molecule has 2 N–H and O–H groups in total. The van der Waals surface area contributed by atoms with Crippen LogP contribution in [0.4, 0.5) is 11.6 Å². The molecule has 20 heavy (non-hydrogen) atoms. The predicted molar refractivity (Wildman–Crippen MR) is 82.1 cm³/mol. The van der Waals surface area contributed by atoms with Crippen molar-refractivity contribution in [1.29, 1.82) is 0 Å². The van der Waals surface area contributed by atoms with Crippen molar-refractivity contribution < 1.29 is 0 Å². The number of nitrogens with zero attached hydrogens (tertiary/aromatic N) is 5. The van der Waals surface area contributed by atoms with Crippen molar-refractivity contribution in [2.45, 2.75) is 19.9 Å². The molecule has 3 rings (SSSR count). The first-order chi connectivity index (χ1) is 9.67. The summed E-state index contributed by atoms with van der Waals surface area (Å²) < 4.78 is 1.88. The molecular formula is C11H14ClN7Si. The maximum absolute atomic E-state index is 5.99. The third kappa shape index (κ3) is 2.39. The van der Waals surface area contributed by atoms with E-state index in [4.69, 9.17) is 11.6 Å². The molecule has 0 aromatic carbocycles. The molecule has 3 aromatic rings. The number of rotatable bonds is 4. The zero-order chi connectivity index (χ0) is 14.1. The normalized spacial score (nSPS) is 11.3. The lowest BCUT2D eigenvalue weighted by atomic mass is 10.4. The van der Waals surface area contributed by atoms with Crippen LogP contribution >= 0.6 is 11.6 Å². The van der Waals surface area contributed by atoms with Crippen LogP contribution in [0.1, 0.15) is 13.3 Å². The minimum Gasteiger partial charge on any atom is -0.321 e. The highest BCUT2D eigenvalue weighted by Crippen LogP contribution is 2.18. The standard InChI is InChI=1S/C11H14ClN7Si/c1-2-3-19-5-6(4-13-19)14-11-15-9-7(10(20)16-11)8(12)17-18-9/h4-5H,2-3H2,1,20H3,(H2,14,15,16,17,18). The van der Waals surface area contributed by atoms with Crippen LogP contribution in [0, 0.1) is 0 Å². The quantitative estimate of drug-likeness (QED) is 0.679. The monoisotopic (exact) mass is 307 g/mol. The summed E-state index contributed by atoms with van der Waals surface area (Å²) in [5.41, 5.74) is 1.52. The van der Waals surface area contributed by atoms with Crippen molar-refractivity contribution in [1.82, 2.24) is 29.9 Å². The van der Waals surface area contributed by atoms with Crippen LogP contribution in [0.5, 0.6) is 0 Å². The smallest absolute Gasteiger partial charge is 0.229 e. The number of fused-ring (bicyclic) bond motifs is 1. The predicted octanol–water partition coefficient (Wildman–Crippen LogP) is 0.347. The fraction of sp³-hybridized carbons (Fsp3) is 0.273. The lowest BCUT2D eigenvalue weighted by molar-refractivity contribution is 0.603. The molecule has 0 amide bonds. The van der Waals surface area contributed by atoms with Crippen LogP contribution in [0.15, 0.2) is 12.4 Å². The Morgan fingerprint density at radius 2 is 2.30 bits per heavy atom. The van der Waals surface area contributed by atoms with Gasteiger partial charge in [0.1, 0.15) is 0 Å². The Morgan fingerprint density at radius 3 is 3.10 bits per heavy atom. The van der Waals surface area contributed by atoms with E-state index in [-0.39, 0.29) is 0 Å². The lowest BCUT2D eigenvalue weighted by Gasteiger charge is -2.03. The average Bonchev–Trinajstić information content (AvgIpc) is 2.98. The summed E-state index contributed by atoms with van der Waals surface area (Å²) in [6.45, 7) is 3.01. The highest BCUT2D eigenvalue weighted by Gasteiger charge is 2.11. The third-order valence-corrected chi connectivity index (χ3v) is 3.90. The van der Waals surface area contributed by atoms with E-state index in [1.165, 1.54) is 0 Å². The summed E-state index contributed by atoms with van der Waals surface area (Å²) in [6, 6.07) is 0. The molecule has 104 valence electrons. The summed E-state index contributed by atoms with van der Waals surface area (Å²) in [6.07, 6.45) is 4.74. The van der Waals surface area contributed by atoms with Gasteiger partial charge in [-0.05, 0) is 6.42 Å². The van der Waals surface area contributed by atoms with Gasteiger partial charge in [0, 0.05) is 18.1 Å². The molecule has 0 radical (unpaired) electrons. The van der Waals surface area contributed by atoms with Crippen molar-refractivity contribution in [3.05, 3.63) is 17.5 Å². The largest absolute Gasteiger partial charge is 0.321 e. The molecule has 0 atom stereocenters. The highest BCUT2D eigenvalue weighted by atomic mass is 35.5. The molecule has 0 unspecified atom stereocenters. The van der Waals surface area contributed by atoms with Crippen LogP contribution in [-0.2, 0) is 6.54 Å². The fourth-order valence-electron chi connectivity index (χ4n) is 2.02. The molecule has 7 nitrogen and oxygen atoms in total. The molecule has 3 heterocycles. The third-order valence-electron chi connectivity index (χ3n) is 2.90. The maximum Gasteiger partial charge on any atom is 0.229 e. The van der Waals surface area contributed by atoms with Gasteiger partial charge in [0.05, 0.1) is 27.5 Å². The molecular weight excluding hydrogens is 294 g/mol. The van der Waals surface area contributed by atoms with E-state index in [1.54, 1.807) is 6.20 Å². The summed E-state index contributed by atoms with van der Waals surface area (Å²) in [7, 11) is 0.766. The molecule has 3 aromatic heterocycles. The second kappa shape index (κ2) is 5.21. The van der Waals surface area contributed by atoms with E-state index in [1.807, 2.05) is 10.9 Å². The second-order valence-electron chi connectivity index (χ2n) is 4.49. The number of hydrogen-bond donors (Lipinski definition) is 2. The zero-order valence-corrected chi connectivity index (χ0v) is 13.9. The topological polar surface area (TPSA) is 84.3 Å². The Kier molecular flexibility index (Phi) is 3.41. The maximum atomic E-state index is 5.99. The number of hydrogen-bond acceptors (Lipinski definition) is 5. The van der Waals surface area contributed by atoms with Gasteiger partial charge in [-0.15, -0.1) is 0 Å². The van der Waals surface area contributed by atoms with E-state index in [0.717, 1.165) is 39.6 Å². The fourth-order valence-corrected chi connectivity index (χ4v) is 3.14. The molecule has 0 spiro atoms. The van der Waals surface area contributed by atoms with Gasteiger partial charge in [-0.25, -0.2) is 4.98 Å². The van der Waals surface area contributed by atoms with E-state index in [2.05, 4.69) is 37.5 Å². The Labute approximate surface area is 123 Å². The molecule has 9 heteroatoms. The molecule has 0 aliphatic rings. The Bertz CT molecular complexity index is 750. The van der Waals surface area contributed by atoms with Gasteiger partial charge in [0.2, 0.25) is 5.95 Å². The van der Waals surface area contributed by atoms with E-state index in [9.17, 15) is 0 Å². The highest BCUT2D eigenvalue weighted by molar-refractivity contribution is 6.43. The lowest BCUT2D eigenvalue weighted by Crippen LogP contribution is -2.13. The van der Waals surface area contributed by atoms with Crippen molar-refractivity contribution in [2.75, 3.05) is 5.32 Å². The van der Waals surface area contributed by atoms with Gasteiger partial charge in [0.15, 0.2) is 10.8 Å². The van der Waals surface area contributed by atoms with E-state index >= 15 is 0 Å². The molecule has 0 fully saturated rings. The molecule has 0 aliphatic carbocycles. The van der Waals surface area contributed by atoms with Crippen LogP contribution < -0.4 is 10.6 Å².